The fourth-order valence-electron chi connectivity index (χ4n) is 6.60. The second-order valence-electron chi connectivity index (χ2n) is 10.8. The van der Waals surface area contributed by atoms with E-state index >= 15 is 0 Å². The zero-order valence-electron chi connectivity index (χ0n) is 22.0. The van der Waals surface area contributed by atoms with Gasteiger partial charge < -0.3 is 24.4 Å². The summed E-state index contributed by atoms with van der Waals surface area (Å²) in [5, 5.41) is 10.1. The molecule has 2 amide bonds. The van der Waals surface area contributed by atoms with Crippen molar-refractivity contribution in [3.63, 3.8) is 0 Å². The van der Waals surface area contributed by atoms with E-state index in [0.29, 0.717) is 19.4 Å². The van der Waals surface area contributed by atoms with Gasteiger partial charge in [-0.1, -0.05) is 43.4 Å². The molecular weight excluding hydrogens is 472 g/mol. The zero-order chi connectivity index (χ0) is 26.5. The number of esters is 1. The maximum atomic E-state index is 14.5. The van der Waals surface area contributed by atoms with Crippen LogP contribution in [0.1, 0.15) is 44.2 Å². The molecule has 0 saturated carbocycles. The van der Waals surface area contributed by atoms with Crippen molar-refractivity contribution in [1.82, 2.24) is 4.90 Å². The maximum Gasteiger partial charge on any atom is 0.313 e. The number of anilines is 1. The highest BCUT2D eigenvalue weighted by molar-refractivity contribution is 6.06. The Bertz CT molecular complexity index is 1180. The summed E-state index contributed by atoms with van der Waals surface area (Å²) in [6.45, 7) is 7.82. The molecule has 4 aliphatic heterocycles. The lowest BCUT2D eigenvalue weighted by Crippen LogP contribution is -2.58. The lowest BCUT2D eigenvalue weighted by atomic mass is 9.73. The van der Waals surface area contributed by atoms with Gasteiger partial charge >= 0.3 is 5.97 Å². The van der Waals surface area contributed by atoms with Crippen LogP contribution in [0.25, 0.3) is 0 Å². The van der Waals surface area contributed by atoms with Crippen LogP contribution in [0.3, 0.4) is 0 Å². The molecule has 2 saturated heterocycles. The van der Waals surface area contributed by atoms with Gasteiger partial charge in [0, 0.05) is 12.2 Å². The standard InChI is InChI=1S/C29H36N2O6/c1-5-28-12-7-6-8-15-36-27(35)23(28)22-25(33)31(20(4)17-32)24-26(34)30(14-9-13-29(22,24)37-28)21-16-18(2)10-11-19(21)3/h7,9-13,16,20,22-24,32H,5-6,8,14-15,17H2,1-4H3/b12-7-/t20-,22+,23+,24?,28-,29+/m1/s1. The molecule has 0 bridgehead atoms. The Morgan fingerprint density at radius 3 is 2.62 bits per heavy atom. The number of likely N-dealkylation sites (tertiary alicyclic amines) is 1. The predicted octanol–water partition coefficient (Wildman–Crippen LogP) is 2.84. The third-order valence-corrected chi connectivity index (χ3v) is 8.47. The van der Waals surface area contributed by atoms with Gasteiger partial charge in [-0.3, -0.25) is 14.4 Å². The highest BCUT2D eigenvalue weighted by Gasteiger charge is 2.75. The molecule has 1 unspecified atom stereocenters. The van der Waals surface area contributed by atoms with Crippen LogP contribution in [0, 0.1) is 25.7 Å². The quantitative estimate of drug-likeness (QED) is 0.496. The number of cyclic esters (lactones) is 1. The molecule has 198 valence electrons. The molecule has 37 heavy (non-hydrogen) atoms. The summed E-state index contributed by atoms with van der Waals surface area (Å²) in [6, 6.07) is 4.26. The van der Waals surface area contributed by atoms with Crippen molar-refractivity contribution < 1.29 is 29.0 Å². The van der Waals surface area contributed by atoms with Gasteiger partial charge in [0.1, 0.15) is 23.2 Å². The average Bonchev–Trinajstić information content (AvgIpc) is 3.27. The van der Waals surface area contributed by atoms with Gasteiger partial charge in [0.05, 0.1) is 25.2 Å². The minimum Gasteiger partial charge on any atom is -0.465 e. The number of carbonyl (C=O) groups is 3. The van der Waals surface area contributed by atoms with Crippen molar-refractivity contribution >= 4 is 23.5 Å². The van der Waals surface area contributed by atoms with Crippen LogP contribution in [-0.4, -0.2) is 70.8 Å². The highest BCUT2D eigenvalue weighted by atomic mass is 16.6. The Hall–Kier alpha value is -2.97. The van der Waals surface area contributed by atoms with Gasteiger partial charge in [0.25, 0.3) is 5.91 Å². The number of nitrogens with zero attached hydrogens (tertiary/aromatic N) is 2. The van der Waals surface area contributed by atoms with Crippen molar-refractivity contribution in [3.05, 3.63) is 53.6 Å². The van der Waals surface area contributed by atoms with E-state index in [1.54, 1.807) is 11.8 Å². The summed E-state index contributed by atoms with van der Waals surface area (Å²) in [5.41, 5.74) is 0.277. The highest BCUT2D eigenvalue weighted by Crippen LogP contribution is 2.58. The largest absolute Gasteiger partial charge is 0.465 e. The van der Waals surface area contributed by atoms with Crippen molar-refractivity contribution in [3.8, 4) is 0 Å². The van der Waals surface area contributed by atoms with Crippen LogP contribution in [0.4, 0.5) is 5.69 Å². The summed E-state index contributed by atoms with van der Waals surface area (Å²) in [4.78, 5) is 45.3. The molecule has 4 heterocycles. The third-order valence-electron chi connectivity index (χ3n) is 8.47. The molecule has 4 aliphatic rings. The predicted molar refractivity (Wildman–Crippen MR) is 138 cm³/mol. The fraction of sp³-hybridized carbons (Fsp3) is 0.552. The Morgan fingerprint density at radius 2 is 1.89 bits per heavy atom. The number of amides is 2. The van der Waals surface area contributed by atoms with Crippen LogP contribution in [0.2, 0.25) is 0 Å². The van der Waals surface area contributed by atoms with Crippen LogP contribution in [0.15, 0.2) is 42.5 Å². The maximum absolute atomic E-state index is 14.5. The van der Waals surface area contributed by atoms with Crippen molar-refractivity contribution in [2.24, 2.45) is 11.8 Å². The van der Waals surface area contributed by atoms with Gasteiger partial charge in [-0.25, -0.2) is 0 Å². The van der Waals surface area contributed by atoms with E-state index in [1.165, 1.54) is 4.90 Å². The summed E-state index contributed by atoms with van der Waals surface area (Å²) >= 11 is 0. The second kappa shape index (κ2) is 9.40. The SMILES string of the molecule is CC[C@@]12/C=C\CCCOC(=O)[C@@H]1[C@H]1C(=O)N([C@H](C)CO)C3C(=O)N(c4cc(C)ccc4C)CC=C[C@@]31O2. The summed E-state index contributed by atoms with van der Waals surface area (Å²) in [5.74, 6) is -2.97. The molecule has 1 aromatic carbocycles. The molecule has 1 N–H and O–H groups in total. The minimum atomic E-state index is -1.37. The minimum absolute atomic E-state index is 0.267. The van der Waals surface area contributed by atoms with E-state index in [-0.39, 0.29) is 25.0 Å². The number of ether oxygens (including phenoxy) is 2. The first-order valence-corrected chi connectivity index (χ1v) is 13.2. The molecule has 8 nitrogen and oxygen atoms in total. The summed E-state index contributed by atoms with van der Waals surface area (Å²) in [7, 11) is 0. The number of hydrogen-bond donors (Lipinski definition) is 1. The Labute approximate surface area is 217 Å². The molecule has 1 aromatic rings. The lowest BCUT2D eigenvalue weighted by Gasteiger charge is -2.40. The number of allylic oxidation sites excluding steroid dienone is 1. The first-order chi connectivity index (χ1) is 17.7. The third kappa shape index (κ3) is 3.76. The Kier molecular flexibility index (Phi) is 6.52. The number of aryl methyl sites for hydroxylation is 2. The Morgan fingerprint density at radius 1 is 1.11 bits per heavy atom. The zero-order valence-corrected chi connectivity index (χ0v) is 22.0. The molecule has 2 fully saturated rings. The van der Waals surface area contributed by atoms with E-state index in [4.69, 9.17) is 9.47 Å². The van der Waals surface area contributed by atoms with Crippen LogP contribution in [-0.2, 0) is 23.9 Å². The van der Waals surface area contributed by atoms with E-state index < -0.39 is 41.1 Å². The van der Waals surface area contributed by atoms with Gasteiger partial charge in [-0.05, 0) is 57.2 Å². The number of aliphatic hydroxyl groups excluding tert-OH is 1. The number of carbonyl (C=O) groups excluding carboxylic acids is 3. The second-order valence-corrected chi connectivity index (χ2v) is 10.8. The smallest absolute Gasteiger partial charge is 0.313 e. The molecule has 5 rings (SSSR count). The van der Waals surface area contributed by atoms with Crippen LogP contribution >= 0.6 is 0 Å². The van der Waals surface area contributed by atoms with E-state index in [0.717, 1.165) is 23.2 Å². The van der Waals surface area contributed by atoms with Gasteiger partial charge in [0.2, 0.25) is 5.91 Å². The fourth-order valence-corrected chi connectivity index (χ4v) is 6.60. The molecular formula is C29H36N2O6. The molecule has 0 radical (unpaired) electrons. The van der Waals surface area contributed by atoms with Gasteiger partial charge in [-0.2, -0.15) is 0 Å². The summed E-state index contributed by atoms with van der Waals surface area (Å²) < 4.78 is 12.5. The van der Waals surface area contributed by atoms with Gasteiger partial charge in [-0.15, -0.1) is 0 Å². The van der Waals surface area contributed by atoms with Crippen LogP contribution < -0.4 is 4.90 Å². The van der Waals surface area contributed by atoms with Gasteiger partial charge in [0.15, 0.2) is 0 Å². The monoisotopic (exact) mass is 508 g/mol. The Balaban J connectivity index is 1.70. The lowest BCUT2D eigenvalue weighted by molar-refractivity contribution is -0.160. The molecule has 6 atom stereocenters. The van der Waals surface area contributed by atoms with Crippen LogP contribution in [0.5, 0.6) is 0 Å². The molecule has 1 spiro atoms. The number of benzene rings is 1. The average molecular weight is 509 g/mol. The number of aliphatic hydroxyl groups is 1. The number of rotatable bonds is 4. The van der Waals surface area contributed by atoms with E-state index in [9.17, 15) is 19.5 Å². The number of fused-ring (bicyclic) bond motifs is 2. The van der Waals surface area contributed by atoms with Crippen molar-refractivity contribution in [2.45, 2.75) is 70.2 Å². The molecule has 0 aliphatic carbocycles. The topological polar surface area (TPSA) is 96.4 Å². The first kappa shape index (κ1) is 25.7. The van der Waals surface area contributed by atoms with E-state index in [1.807, 2.05) is 63.3 Å². The molecule has 0 aromatic heterocycles. The van der Waals surface area contributed by atoms with E-state index in [2.05, 4.69) is 0 Å². The normalized spacial score (nSPS) is 35.1. The first-order valence-electron chi connectivity index (χ1n) is 13.2. The van der Waals surface area contributed by atoms with Crippen molar-refractivity contribution in [2.75, 3.05) is 24.7 Å². The summed E-state index contributed by atoms with van der Waals surface area (Å²) in [6.07, 6.45) is 9.46. The molecule has 8 heteroatoms. The number of hydrogen-bond acceptors (Lipinski definition) is 6. The van der Waals surface area contributed by atoms with Crippen molar-refractivity contribution in [1.29, 1.82) is 0 Å².